The average Bonchev–Trinajstić information content (AvgIpc) is 2.43. The van der Waals surface area contributed by atoms with Crippen LogP contribution >= 0.6 is 0 Å². The Bertz CT molecular complexity index is 456. The van der Waals surface area contributed by atoms with Gasteiger partial charge in [0.1, 0.15) is 11.6 Å². The first kappa shape index (κ1) is 16.1. The molecule has 0 aliphatic carbocycles. The molecule has 5 heteroatoms. The summed E-state index contributed by atoms with van der Waals surface area (Å²) in [7, 11) is 4.00. The molecule has 0 amide bonds. The van der Waals surface area contributed by atoms with Gasteiger partial charge in [-0.05, 0) is 25.0 Å². The number of hydrogen-bond acceptors (Lipinski definition) is 4. The van der Waals surface area contributed by atoms with Crippen molar-refractivity contribution in [2.75, 3.05) is 25.6 Å². The van der Waals surface area contributed by atoms with Crippen LogP contribution in [0.4, 0.5) is 5.69 Å². The molecule has 5 nitrogen and oxygen atoms in total. The van der Waals surface area contributed by atoms with E-state index >= 15 is 0 Å². The highest BCUT2D eigenvalue weighted by Crippen LogP contribution is 2.23. The van der Waals surface area contributed by atoms with Crippen LogP contribution < -0.4 is 15.4 Å². The minimum Gasteiger partial charge on any atom is -0.494 e. The van der Waals surface area contributed by atoms with E-state index in [4.69, 9.17) is 15.7 Å². The summed E-state index contributed by atoms with van der Waals surface area (Å²) in [6.07, 6.45) is 1.64. The monoisotopic (exact) mass is 279 g/mol. The SMILES string of the molecule is CN(C)c1cccc(OCCCC(C)(C)C(N)=NO)c1. The van der Waals surface area contributed by atoms with Crippen LogP contribution in [0, 0.1) is 5.41 Å². The molecule has 0 bridgehead atoms. The van der Waals surface area contributed by atoms with Gasteiger partial charge in [0.05, 0.1) is 6.61 Å². The molecule has 0 heterocycles. The van der Waals surface area contributed by atoms with Crippen molar-refractivity contribution in [1.29, 1.82) is 0 Å². The highest BCUT2D eigenvalue weighted by atomic mass is 16.5. The summed E-state index contributed by atoms with van der Waals surface area (Å²) in [6.45, 7) is 4.52. The number of amidine groups is 1. The molecule has 1 aromatic carbocycles. The van der Waals surface area contributed by atoms with Crippen molar-refractivity contribution in [2.45, 2.75) is 26.7 Å². The number of ether oxygens (including phenoxy) is 1. The Morgan fingerprint density at radius 1 is 1.40 bits per heavy atom. The lowest BCUT2D eigenvalue weighted by atomic mass is 9.87. The van der Waals surface area contributed by atoms with Crippen LogP contribution in [0.25, 0.3) is 0 Å². The number of nitrogens with two attached hydrogens (primary N) is 1. The Morgan fingerprint density at radius 3 is 2.70 bits per heavy atom. The van der Waals surface area contributed by atoms with Crippen molar-refractivity contribution < 1.29 is 9.94 Å². The zero-order valence-corrected chi connectivity index (χ0v) is 12.8. The quantitative estimate of drug-likeness (QED) is 0.265. The van der Waals surface area contributed by atoms with Gasteiger partial charge in [0, 0.05) is 31.3 Å². The molecule has 0 radical (unpaired) electrons. The standard InChI is InChI=1S/C15H25N3O2/c1-15(2,14(16)17-19)9-6-10-20-13-8-5-7-12(11-13)18(3)4/h5,7-8,11,19H,6,9-10H2,1-4H3,(H2,16,17). The lowest BCUT2D eigenvalue weighted by Crippen LogP contribution is -2.32. The minimum absolute atomic E-state index is 0.257. The Hall–Kier alpha value is -1.91. The van der Waals surface area contributed by atoms with Crippen molar-refractivity contribution in [3.63, 3.8) is 0 Å². The third-order valence-electron chi connectivity index (χ3n) is 3.35. The number of nitrogens with zero attached hydrogens (tertiary/aromatic N) is 2. The number of oxime groups is 1. The molecule has 3 N–H and O–H groups in total. The first-order chi connectivity index (χ1) is 9.36. The number of rotatable bonds is 7. The van der Waals surface area contributed by atoms with Crippen LogP contribution in [0.2, 0.25) is 0 Å². The van der Waals surface area contributed by atoms with E-state index < -0.39 is 0 Å². The van der Waals surface area contributed by atoms with Crippen molar-refractivity contribution >= 4 is 11.5 Å². The fourth-order valence-electron chi connectivity index (χ4n) is 1.82. The van der Waals surface area contributed by atoms with E-state index in [1.54, 1.807) is 0 Å². The summed E-state index contributed by atoms with van der Waals surface area (Å²) in [6, 6.07) is 7.97. The van der Waals surface area contributed by atoms with E-state index in [1.807, 2.05) is 57.1 Å². The summed E-state index contributed by atoms with van der Waals surface area (Å²) in [4.78, 5) is 2.04. The van der Waals surface area contributed by atoms with Crippen LogP contribution in [0.1, 0.15) is 26.7 Å². The Balaban J connectivity index is 2.44. The second-order valence-electron chi connectivity index (χ2n) is 5.71. The first-order valence-corrected chi connectivity index (χ1v) is 6.75. The molecule has 20 heavy (non-hydrogen) atoms. The van der Waals surface area contributed by atoms with Crippen molar-refractivity contribution in [3.05, 3.63) is 24.3 Å². The summed E-state index contributed by atoms with van der Waals surface area (Å²) in [5.74, 6) is 1.12. The van der Waals surface area contributed by atoms with Crippen LogP contribution in [-0.4, -0.2) is 31.7 Å². The van der Waals surface area contributed by atoms with E-state index in [0.29, 0.717) is 6.61 Å². The number of anilines is 1. The number of hydrogen-bond donors (Lipinski definition) is 2. The van der Waals surface area contributed by atoms with Gasteiger partial charge in [-0.3, -0.25) is 0 Å². The zero-order valence-electron chi connectivity index (χ0n) is 12.8. The topological polar surface area (TPSA) is 71.1 Å². The van der Waals surface area contributed by atoms with E-state index in [-0.39, 0.29) is 11.3 Å². The zero-order chi connectivity index (χ0) is 15.2. The Morgan fingerprint density at radius 2 is 2.10 bits per heavy atom. The Labute approximate surface area is 121 Å². The van der Waals surface area contributed by atoms with Crippen molar-refractivity contribution in [3.8, 4) is 5.75 Å². The van der Waals surface area contributed by atoms with Gasteiger partial charge >= 0.3 is 0 Å². The third kappa shape index (κ3) is 4.64. The lowest BCUT2D eigenvalue weighted by molar-refractivity contribution is 0.277. The first-order valence-electron chi connectivity index (χ1n) is 6.75. The molecule has 1 rings (SSSR count). The number of benzene rings is 1. The molecule has 0 saturated heterocycles. The van der Waals surface area contributed by atoms with E-state index in [2.05, 4.69) is 5.16 Å². The molecule has 112 valence electrons. The van der Waals surface area contributed by atoms with Gasteiger partial charge in [-0.15, -0.1) is 0 Å². The van der Waals surface area contributed by atoms with Crippen LogP contribution in [0.5, 0.6) is 5.75 Å². The van der Waals surface area contributed by atoms with Crippen LogP contribution in [0.3, 0.4) is 0 Å². The van der Waals surface area contributed by atoms with E-state index in [0.717, 1.165) is 24.3 Å². The normalized spacial score (nSPS) is 12.3. The van der Waals surface area contributed by atoms with Crippen molar-refractivity contribution in [2.24, 2.45) is 16.3 Å². The van der Waals surface area contributed by atoms with Crippen LogP contribution in [0.15, 0.2) is 29.4 Å². The molecule has 1 aromatic rings. The molecule has 0 aliphatic rings. The van der Waals surface area contributed by atoms with E-state index in [9.17, 15) is 0 Å². The molecule has 0 aliphatic heterocycles. The average molecular weight is 279 g/mol. The van der Waals surface area contributed by atoms with Gasteiger partial charge in [0.25, 0.3) is 0 Å². The molecule has 0 unspecified atom stereocenters. The van der Waals surface area contributed by atoms with Gasteiger partial charge in [-0.25, -0.2) is 0 Å². The van der Waals surface area contributed by atoms with Gasteiger partial charge in [0.15, 0.2) is 0 Å². The summed E-state index contributed by atoms with van der Waals surface area (Å²) in [5.41, 5.74) is 6.45. The summed E-state index contributed by atoms with van der Waals surface area (Å²) in [5, 5.41) is 11.8. The van der Waals surface area contributed by atoms with Gasteiger partial charge in [-0.2, -0.15) is 0 Å². The molecule has 0 atom stereocenters. The predicted molar refractivity (Wildman–Crippen MR) is 82.7 cm³/mol. The fraction of sp³-hybridized carbons (Fsp3) is 0.533. The van der Waals surface area contributed by atoms with Gasteiger partial charge in [0.2, 0.25) is 0 Å². The molecule has 0 fully saturated rings. The Kier molecular flexibility index (Phi) is 5.67. The minimum atomic E-state index is -0.316. The summed E-state index contributed by atoms with van der Waals surface area (Å²) < 4.78 is 5.74. The lowest BCUT2D eigenvalue weighted by Gasteiger charge is -2.22. The largest absolute Gasteiger partial charge is 0.494 e. The third-order valence-corrected chi connectivity index (χ3v) is 3.35. The predicted octanol–water partition coefficient (Wildman–Crippen LogP) is 2.68. The highest BCUT2D eigenvalue weighted by Gasteiger charge is 2.22. The maximum atomic E-state index is 8.71. The second kappa shape index (κ2) is 7.03. The molecular weight excluding hydrogens is 254 g/mol. The fourth-order valence-corrected chi connectivity index (χ4v) is 1.82. The van der Waals surface area contributed by atoms with Crippen LogP contribution in [-0.2, 0) is 0 Å². The highest BCUT2D eigenvalue weighted by molar-refractivity contribution is 5.85. The molecule has 0 saturated carbocycles. The maximum absolute atomic E-state index is 8.71. The van der Waals surface area contributed by atoms with Gasteiger partial charge in [-0.1, -0.05) is 25.1 Å². The molecule has 0 spiro atoms. The maximum Gasteiger partial charge on any atom is 0.144 e. The summed E-state index contributed by atoms with van der Waals surface area (Å²) >= 11 is 0. The van der Waals surface area contributed by atoms with Gasteiger partial charge < -0.3 is 20.6 Å². The smallest absolute Gasteiger partial charge is 0.144 e. The second-order valence-corrected chi connectivity index (χ2v) is 5.71. The molecular formula is C15H25N3O2. The van der Waals surface area contributed by atoms with E-state index in [1.165, 1.54) is 0 Å². The van der Waals surface area contributed by atoms with Crippen molar-refractivity contribution in [1.82, 2.24) is 0 Å². The molecule has 0 aromatic heterocycles.